The van der Waals surface area contributed by atoms with Crippen LogP contribution in [0.2, 0.25) is 0 Å². The molecular weight excluding hydrogens is 256 g/mol. The number of fused-ring (bicyclic) bond motifs is 1. The Morgan fingerprint density at radius 2 is 2.20 bits per heavy atom. The lowest BCUT2D eigenvalue weighted by Gasteiger charge is -2.16. The monoisotopic (exact) mass is 272 g/mol. The topological polar surface area (TPSA) is 89.9 Å². The second-order valence-electron chi connectivity index (χ2n) is 4.95. The van der Waals surface area contributed by atoms with Crippen LogP contribution in [0.3, 0.4) is 0 Å². The Morgan fingerprint density at radius 1 is 1.35 bits per heavy atom. The molecule has 7 nitrogen and oxygen atoms in total. The van der Waals surface area contributed by atoms with Crippen molar-refractivity contribution in [2.24, 2.45) is 5.73 Å². The molecule has 3 rings (SSSR count). The second kappa shape index (κ2) is 5.10. The first kappa shape index (κ1) is 12.9. The highest BCUT2D eigenvalue weighted by Gasteiger charge is 2.21. The van der Waals surface area contributed by atoms with Crippen molar-refractivity contribution in [2.45, 2.75) is 12.6 Å². The van der Waals surface area contributed by atoms with Crippen LogP contribution >= 0.6 is 0 Å². The minimum absolute atomic E-state index is 0.0886. The molecule has 0 aliphatic carbocycles. The van der Waals surface area contributed by atoms with Gasteiger partial charge in [-0.3, -0.25) is 9.36 Å². The standard InChI is InChI=1S/C13H16N6O/c1-18-4-5-19-12(20)6-11(10-2-3-15-8-16-10)17-13(19)9(14)7-18/h2-3,6,8-9H,4-5,7,14H2,1H3. The molecule has 0 amide bonds. The van der Waals surface area contributed by atoms with Gasteiger partial charge in [-0.15, -0.1) is 0 Å². The van der Waals surface area contributed by atoms with Crippen molar-refractivity contribution in [3.05, 3.63) is 40.8 Å². The summed E-state index contributed by atoms with van der Waals surface area (Å²) in [6.45, 7) is 2.07. The maximum Gasteiger partial charge on any atom is 0.254 e. The van der Waals surface area contributed by atoms with E-state index in [0.29, 0.717) is 30.3 Å². The SMILES string of the molecule is CN1CCn2c(nc(-c3ccncn3)cc2=O)C(N)C1. The van der Waals surface area contributed by atoms with E-state index in [1.54, 1.807) is 16.8 Å². The Labute approximate surface area is 116 Å². The summed E-state index contributed by atoms with van der Waals surface area (Å²) in [5.41, 5.74) is 7.24. The van der Waals surface area contributed by atoms with Gasteiger partial charge in [0.2, 0.25) is 0 Å². The predicted molar refractivity (Wildman–Crippen MR) is 73.9 cm³/mol. The van der Waals surface area contributed by atoms with Crippen LogP contribution in [0.1, 0.15) is 11.9 Å². The molecule has 1 aliphatic rings. The van der Waals surface area contributed by atoms with Crippen LogP contribution < -0.4 is 11.3 Å². The van der Waals surface area contributed by atoms with Crippen LogP contribution in [0.25, 0.3) is 11.4 Å². The van der Waals surface area contributed by atoms with Gasteiger partial charge >= 0.3 is 0 Å². The van der Waals surface area contributed by atoms with Crippen LogP contribution in [0.15, 0.2) is 29.5 Å². The second-order valence-corrected chi connectivity index (χ2v) is 4.95. The smallest absolute Gasteiger partial charge is 0.254 e. The van der Waals surface area contributed by atoms with Gasteiger partial charge in [0.25, 0.3) is 5.56 Å². The van der Waals surface area contributed by atoms with Gasteiger partial charge in [-0.25, -0.2) is 15.0 Å². The zero-order valence-corrected chi connectivity index (χ0v) is 11.2. The number of nitrogens with two attached hydrogens (primary N) is 1. The van der Waals surface area contributed by atoms with Crippen LogP contribution in [0, 0.1) is 0 Å². The van der Waals surface area contributed by atoms with E-state index in [9.17, 15) is 4.79 Å². The molecule has 104 valence electrons. The fraction of sp³-hybridized carbons (Fsp3) is 0.385. The number of likely N-dealkylation sites (N-methyl/N-ethyl adjacent to an activating group) is 1. The quantitative estimate of drug-likeness (QED) is 0.763. The minimum atomic E-state index is -0.281. The molecule has 1 unspecified atom stereocenters. The van der Waals surface area contributed by atoms with Gasteiger partial charge in [0.15, 0.2) is 0 Å². The lowest BCUT2D eigenvalue weighted by molar-refractivity contribution is 0.321. The molecular formula is C13H16N6O. The summed E-state index contributed by atoms with van der Waals surface area (Å²) in [5, 5.41) is 0. The fourth-order valence-electron chi connectivity index (χ4n) is 2.38. The summed E-state index contributed by atoms with van der Waals surface area (Å²) < 4.78 is 1.65. The van der Waals surface area contributed by atoms with Crippen molar-refractivity contribution in [2.75, 3.05) is 20.1 Å². The Morgan fingerprint density at radius 3 is 2.95 bits per heavy atom. The zero-order valence-electron chi connectivity index (χ0n) is 11.2. The van der Waals surface area contributed by atoms with E-state index >= 15 is 0 Å². The third kappa shape index (κ3) is 2.33. The Bertz CT molecular complexity index is 668. The highest BCUT2D eigenvalue weighted by atomic mass is 16.1. The van der Waals surface area contributed by atoms with Crippen LogP contribution in [-0.2, 0) is 6.54 Å². The molecule has 0 aromatic carbocycles. The molecule has 7 heteroatoms. The highest BCUT2D eigenvalue weighted by molar-refractivity contribution is 5.52. The molecule has 0 spiro atoms. The summed E-state index contributed by atoms with van der Waals surface area (Å²) >= 11 is 0. The van der Waals surface area contributed by atoms with Crippen LogP contribution in [0.5, 0.6) is 0 Å². The number of hydrogen-bond acceptors (Lipinski definition) is 6. The van der Waals surface area contributed by atoms with E-state index in [1.165, 1.54) is 12.4 Å². The van der Waals surface area contributed by atoms with Crippen molar-refractivity contribution in [3.8, 4) is 11.4 Å². The molecule has 1 aliphatic heterocycles. The third-order valence-electron chi connectivity index (χ3n) is 3.43. The molecule has 1 atom stereocenters. The van der Waals surface area contributed by atoms with Gasteiger partial charge in [-0.2, -0.15) is 0 Å². The average molecular weight is 272 g/mol. The molecule has 0 fully saturated rings. The van der Waals surface area contributed by atoms with Crippen molar-refractivity contribution < 1.29 is 0 Å². The van der Waals surface area contributed by atoms with E-state index in [1.807, 2.05) is 7.05 Å². The van der Waals surface area contributed by atoms with E-state index in [2.05, 4.69) is 19.9 Å². The fourth-order valence-corrected chi connectivity index (χ4v) is 2.38. The van der Waals surface area contributed by atoms with Gasteiger partial charge < -0.3 is 10.6 Å². The summed E-state index contributed by atoms with van der Waals surface area (Å²) in [6.07, 6.45) is 3.06. The number of rotatable bonds is 1. The molecule has 20 heavy (non-hydrogen) atoms. The van der Waals surface area contributed by atoms with Gasteiger partial charge in [0.05, 0.1) is 17.4 Å². The summed E-state index contributed by atoms with van der Waals surface area (Å²) in [5.74, 6) is 0.621. The van der Waals surface area contributed by atoms with Gasteiger partial charge in [0, 0.05) is 31.9 Å². The van der Waals surface area contributed by atoms with Crippen LogP contribution in [-0.4, -0.2) is 44.6 Å². The Hall–Kier alpha value is -2.12. The average Bonchev–Trinajstić information content (AvgIpc) is 2.59. The van der Waals surface area contributed by atoms with Gasteiger partial charge in [-0.1, -0.05) is 0 Å². The molecule has 0 bridgehead atoms. The lowest BCUT2D eigenvalue weighted by atomic mass is 10.2. The predicted octanol–water partition coefficient (Wildman–Crippen LogP) is -0.354. The largest absolute Gasteiger partial charge is 0.320 e. The molecule has 2 N–H and O–H groups in total. The number of hydrogen-bond donors (Lipinski definition) is 1. The summed E-state index contributed by atoms with van der Waals surface area (Å²) in [4.78, 5) is 26.9. The van der Waals surface area contributed by atoms with Crippen molar-refractivity contribution in [1.29, 1.82) is 0 Å². The van der Waals surface area contributed by atoms with Gasteiger partial charge in [0.1, 0.15) is 12.2 Å². The Kier molecular flexibility index (Phi) is 3.29. The van der Waals surface area contributed by atoms with Crippen molar-refractivity contribution >= 4 is 0 Å². The Balaban J connectivity index is 2.12. The number of aromatic nitrogens is 4. The molecule has 0 saturated heterocycles. The normalized spacial score (nSPS) is 19.4. The highest BCUT2D eigenvalue weighted by Crippen LogP contribution is 2.16. The maximum atomic E-state index is 12.3. The molecule has 0 radical (unpaired) electrons. The van der Waals surface area contributed by atoms with E-state index < -0.39 is 0 Å². The lowest BCUT2D eigenvalue weighted by Crippen LogP contribution is -2.29. The molecule has 3 heterocycles. The summed E-state index contributed by atoms with van der Waals surface area (Å²) in [6, 6.07) is 2.95. The van der Waals surface area contributed by atoms with Gasteiger partial charge in [-0.05, 0) is 13.1 Å². The molecule has 2 aromatic heterocycles. The minimum Gasteiger partial charge on any atom is -0.320 e. The van der Waals surface area contributed by atoms with E-state index in [0.717, 1.165) is 6.54 Å². The first-order valence-corrected chi connectivity index (χ1v) is 6.47. The maximum absolute atomic E-state index is 12.3. The zero-order chi connectivity index (χ0) is 14.1. The van der Waals surface area contributed by atoms with E-state index in [-0.39, 0.29) is 11.6 Å². The van der Waals surface area contributed by atoms with Crippen LogP contribution in [0.4, 0.5) is 0 Å². The van der Waals surface area contributed by atoms with Crippen molar-refractivity contribution in [3.63, 3.8) is 0 Å². The number of nitrogens with zero attached hydrogens (tertiary/aromatic N) is 5. The summed E-state index contributed by atoms with van der Waals surface area (Å²) in [7, 11) is 1.99. The third-order valence-corrected chi connectivity index (χ3v) is 3.43. The molecule has 0 saturated carbocycles. The van der Waals surface area contributed by atoms with Crippen molar-refractivity contribution in [1.82, 2.24) is 24.4 Å². The van der Waals surface area contributed by atoms with E-state index in [4.69, 9.17) is 5.73 Å². The molecule has 2 aromatic rings. The first-order valence-electron chi connectivity index (χ1n) is 6.47. The first-order chi connectivity index (χ1) is 9.65.